The molecule has 1 saturated heterocycles. The molecule has 0 bridgehead atoms. The van der Waals surface area contributed by atoms with E-state index >= 15 is 0 Å². The molecule has 0 N–H and O–H groups in total. The van der Waals surface area contributed by atoms with Gasteiger partial charge in [-0.25, -0.2) is 15.0 Å². The van der Waals surface area contributed by atoms with Crippen molar-refractivity contribution < 1.29 is 18.0 Å². The Morgan fingerprint density at radius 3 is 2.62 bits per heavy atom. The minimum Gasteiger partial charge on any atom is -0.347 e. The summed E-state index contributed by atoms with van der Waals surface area (Å²) < 4.78 is 38.4. The lowest BCUT2D eigenvalue weighted by atomic mass is 9.81. The van der Waals surface area contributed by atoms with Gasteiger partial charge >= 0.3 is 6.18 Å². The molecule has 0 radical (unpaired) electrons. The molecule has 2 aromatic heterocycles. The van der Waals surface area contributed by atoms with E-state index in [2.05, 4.69) is 14.9 Å². The zero-order valence-electron chi connectivity index (χ0n) is 21.2. The predicted octanol–water partition coefficient (Wildman–Crippen LogP) is 5.34. The fraction of sp³-hybridized carbons (Fsp3) is 0.692. The second kappa shape index (κ2) is 11.5. The highest BCUT2D eigenvalue weighted by Gasteiger charge is 2.48. The number of aliphatic imine (C=N–C) groups is 1. The van der Waals surface area contributed by atoms with Gasteiger partial charge in [0.2, 0.25) is 0 Å². The average molecular weight is 554 g/mol. The summed E-state index contributed by atoms with van der Waals surface area (Å²) in [4.78, 5) is 31.8. The third kappa shape index (κ3) is 6.97. The quantitative estimate of drug-likeness (QED) is 0.433. The second-order valence-electron chi connectivity index (χ2n) is 10.6. The topological polar surface area (TPSA) is 61.7 Å². The number of carbonyl (C=O) groups is 1. The van der Waals surface area contributed by atoms with Crippen LogP contribution in [0, 0.1) is 24.7 Å². The van der Waals surface area contributed by atoms with Crippen LogP contribution in [0.25, 0.3) is 0 Å². The fourth-order valence-electron chi connectivity index (χ4n) is 5.46. The van der Waals surface area contributed by atoms with E-state index in [9.17, 15) is 18.0 Å². The number of aromatic nitrogens is 2. The Morgan fingerprint density at radius 2 is 1.92 bits per heavy atom. The van der Waals surface area contributed by atoms with Crippen LogP contribution in [0.4, 0.5) is 18.3 Å². The molecule has 4 heterocycles. The first-order chi connectivity index (χ1) is 17.7. The Morgan fingerprint density at radius 1 is 1.16 bits per heavy atom. The molecule has 3 aliphatic rings. The van der Waals surface area contributed by atoms with Gasteiger partial charge in [-0.3, -0.25) is 4.79 Å². The molecule has 11 heteroatoms. The molecule has 37 heavy (non-hydrogen) atoms. The summed E-state index contributed by atoms with van der Waals surface area (Å²) in [6.45, 7) is 5.05. The molecule has 2 aliphatic heterocycles. The third-order valence-electron chi connectivity index (χ3n) is 7.87. The lowest BCUT2D eigenvalue weighted by Crippen LogP contribution is -2.53. The van der Waals surface area contributed by atoms with Crippen molar-refractivity contribution in [2.45, 2.75) is 64.5 Å². The smallest absolute Gasteiger partial charge is 0.347 e. The van der Waals surface area contributed by atoms with Gasteiger partial charge in [0.15, 0.2) is 5.13 Å². The highest BCUT2D eigenvalue weighted by molar-refractivity contribution is 7.15. The molecule has 1 saturated carbocycles. The average Bonchev–Trinajstić information content (AvgIpc) is 3.36. The highest BCUT2D eigenvalue weighted by atomic mass is 32.1. The van der Waals surface area contributed by atoms with Crippen LogP contribution in [0.15, 0.2) is 11.2 Å². The molecule has 1 amide bonds. The van der Waals surface area contributed by atoms with Crippen molar-refractivity contribution in [3.8, 4) is 0 Å². The molecule has 0 aromatic carbocycles. The normalized spacial score (nSPS) is 23.7. The summed E-state index contributed by atoms with van der Waals surface area (Å²) in [6, 6.07) is 0. The van der Waals surface area contributed by atoms with Gasteiger partial charge in [0.05, 0.1) is 23.0 Å². The lowest BCUT2D eigenvalue weighted by Gasteiger charge is -2.39. The van der Waals surface area contributed by atoms with Crippen molar-refractivity contribution in [2.24, 2.45) is 22.7 Å². The Kier molecular flexibility index (Phi) is 8.31. The number of hydrogen-bond acceptors (Lipinski definition) is 7. The zero-order valence-corrected chi connectivity index (χ0v) is 22.8. The van der Waals surface area contributed by atoms with Crippen LogP contribution in [-0.2, 0) is 24.1 Å². The lowest BCUT2D eigenvalue weighted by molar-refractivity contribution is -0.180. The van der Waals surface area contributed by atoms with Crippen molar-refractivity contribution in [2.75, 3.05) is 37.6 Å². The molecule has 5 rings (SSSR count). The maximum atomic E-state index is 12.8. The number of hydrogen-bond donors (Lipinski definition) is 0. The maximum Gasteiger partial charge on any atom is 0.395 e. The van der Waals surface area contributed by atoms with Crippen LogP contribution < -0.4 is 4.90 Å². The van der Waals surface area contributed by atoms with E-state index in [1.807, 2.05) is 13.1 Å². The largest absolute Gasteiger partial charge is 0.395 e. The van der Waals surface area contributed by atoms with E-state index in [-0.39, 0.29) is 19.0 Å². The minimum atomic E-state index is -4.10. The van der Waals surface area contributed by atoms with Crippen LogP contribution in [0.1, 0.15) is 52.6 Å². The van der Waals surface area contributed by atoms with Crippen molar-refractivity contribution in [1.29, 1.82) is 0 Å². The summed E-state index contributed by atoms with van der Waals surface area (Å²) in [5.41, 5.74) is 1.08. The van der Waals surface area contributed by atoms with Gasteiger partial charge in [-0.15, -0.1) is 22.7 Å². The Hall–Kier alpha value is -1.85. The molecule has 202 valence electrons. The molecule has 2 aromatic rings. The van der Waals surface area contributed by atoms with Crippen molar-refractivity contribution >= 4 is 39.9 Å². The molecular formula is C26H34F3N5OS2. The van der Waals surface area contributed by atoms with E-state index in [0.29, 0.717) is 12.3 Å². The van der Waals surface area contributed by atoms with Gasteiger partial charge in [-0.1, -0.05) is 0 Å². The number of thiazole rings is 2. The summed E-state index contributed by atoms with van der Waals surface area (Å²) in [5, 5.41) is 1.74. The van der Waals surface area contributed by atoms with Crippen molar-refractivity contribution in [3.63, 3.8) is 0 Å². The predicted molar refractivity (Wildman–Crippen MR) is 142 cm³/mol. The van der Waals surface area contributed by atoms with Crippen molar-refractivity contribution in [1.82, 2.24) is 14.9 Å². The molecule has 1 aliphatic carbocycles. The third-order valence-corrected chi connectivity index (χ3v) is 10.0. The molecule has 2 fully saturated rings. The molecular weight excluding hydrogens is 519 g/mol. The molecule has 0 spiro atoms. The van der Waals surface area contributed by atoms with Crippen LogP contribution in [0.5, 0.6) is 0 Å². The number of carbonyl (C=O) groups excluding carboxylic acids is 1. The standard InChI is InChI=1S/C26H34F3N5OS2/c1-17-30-14-21(36-17)12-24(35)31-13-19-4-2-18(3-5-19)6-9-33-10-7-22-23(8-11-33)37-25(32-22)34-15-20(16-34)26(27,28)29/h13-14,18-20H,2-12,15-16H2,1H3. The highest BCUT2D eigenvalue weighted by Crippen LogP contribution is 2.39. The van der Waals surface area contributed by atoms with Crippen LogP contribution >= 0.6 is 22.7 Å². The number of fused-ring (bicyclic) bond motifs is 1. The van der Waals surface area contributed by atoms with Crippen molar-refractivity contribution in [3.05, 3.63) is 26.7 Å². The second-order valence-corrected chi connectivity index (χ2v) is 13.0. The number of anilines is 1. The van der Waals surface area contributed by atoms with Gasteiger partial charge in [-0.05, 0) is 63.8 Å². The SMILES string of the molecule is Cc1ncc(CC(=O)N=CC2CCC(CCN3CCc4nc(N5CC(C(F)(F)F)C5)sc4CC3)CC2)s1. The van der Waals surface area contributed by atoms with Gasteiger partial charge < -0.3 is 9.80 Å². The van der Waals surface area contributed by atoms with Gasteiger partial charge in [-0.2, -0.15) is 13.2 Å². The molecule has 0 atom stereocenters. The monoisotopic (exact) mass is 553 g/mol. The minimum absolute atomic E-state index is 0.0407. The molecule has 6 nitrogen and oxygen atoms in total. The maximum absolute atomic E-state index is 12.8. The van der Waals surface area contributed by atoms with E-state index in [1.54, 1.807) is 33.8 Å². The first-order valence-electron chi connectivity index (χ1n) is 13.2. The number of amides is 1. The fourth-order valence-corrected chi connectivity index (χ4v) is 7.36. The van der Waals surface area contributed by atoms with Gasteiger partial charge in [0.25, 0.3) is 5.91 Å². The van der Waals surface area contributed by atoms with E-state index in [1.165, 1.54) is 24.1 Å². The summed E-state index contributed by atoms with van der Waals surface area (Å²) in [5.74, 6) is -0.182. The summed E-state index contributed by atoms with van der Waals surface area (Å²) in [7, 11) is 0. The van der Waals surface area contributed by atoms with Crippen LogP contribution in [-0.4, -0.2) is 65.9 Å². The van der Waals surface area contributed by atoms with Gasteiger partial charge in [0, 0.05) is 54.8 Å². The Balaban J connectivity index is 0.996. The molecule has 0 unspecified atom stereocenters. The number of aryl methyl sites for hydroxylation is 1. The van der Waals surface area contributed by atoms with E-state index in [4.69, 9.17) is 4.98 Å². The Bertz CT molecular complexity index is 1070. The first-order valence-corrected chi connectivity index (χ1v) is 14.9. The van der Waals surface area contributed by atoms with Crippen LogP contribution in [0.2, 0.25) is 0 Å². The first kappa shape index (κ1) is 26.7. The number of alkyl halides is 3. The van der Waals surface area contributed by atoms with Crippen LogP contribution in [0.3, 0.4) is 0 Å². The Labute approximate surface area is 224 Å². The van der Waals surface area contributed by atoms with E-state index in [0.717, 1.165) is 71.9 Å². The zero-order chi connectivity index (χ0) is 26.0. The van der Waals surface area contributed by atoms with E-state index < -0.39 is 12.1 Å². The number of halogens is 3. The summed E-state index contributed by atoms with van der Waals surface area (Å²) in [6.07, 6.45) is 7.43. The number of nitrogens with zero attached hydrogens (tertiary/aromatic N) is 5. The summed E-state index contributed by atoms with van der Waals surface area (Å²) >= 11 is 3.13. The number of rotatable bonds is 7. The van der Waals surface area contributed by atoms with Gasteiger partial charge in [0.1, 0.15) is 0 Å².